The summed E-state index contributed by atoms with van der Waals surface area (Å²) in [6, 6.07) is 0.935. The normalized spacial score (nSPS) is 11.9. The van der Waals surface area contributed by atoms with Gasteiger partial charge in [0, 0.05) is 17.3 Å². The van der Waals surface area contributed by atoms with Crippen molar-refractivity contribution in [3.8, 4) is 0 Å². The lowest BCUT2D eigenvalue weighted by Gasteiger charge is -2.01. The number of nitrogen functional groups attached to an aromatic ring is 1. The maximum Gasteiger partial charge on any atom is 0.435 e. The molecule has 0 bridgehead atoms. The number of nitrogens with zero attached hydrogens (tertiary/aromatic N) is 3. The number of alkyl halides is 3. The predicted octanol–water partition coefficient (Wildman–Crippen LogP) is 1.99. The van der Waals surface area contributed by atoms with Gasteiger partial charge in [0.2, 0.25) is 0 Å². The molecule has 0 radical (unpaired) electrons. The first-order valence-electron chi connectivity index (χ1n) is 4.26. The van der Waals surface area contributed by atoms with Gasteiger partial charge in [0.1, 0.15) is 0 Å². The third-order valence-corrected chi connectivity index (χ3v) is 2.63. The summed E-state index contributed by atoms with van der Waals surface area (Å²) in [6.45, 7) is 0.241. The summed E-state index contributed by atoms with van der Waals surface area (Å²) in [7, 11) is 0. The Bertz CT molecular complexity index is 487. The first kappa shape index (κ1) is 10.9. The third kappa shape index (κ3) is 2.32. The van der Waals surface area contributed by atoms with Crippen LogP contribution >= 0.6 is 11.3 Å². The van der Waals surface area contributed by atoms with E-state index in [0.29, 0.717) is 5.13 Å². The average molecular weight is 248 g/mol. The molecular weight excluding hydrogens is 241 g/mol. The molecule has 8 heteroatoms. The van der Waals surface area contributed by atoms with Crippen LogP contribution in [-0.4, -0.2) is 14.8 Å². The molecule has 0 aliphatic heterocycles. The fourth-order valence-corrected chi connectivity index (χ4v) is 1.83. The van der Waals surface area contributed by atoms with Crippen LogP contribution in [0.3, 0.4) is 0 Å². The molecule has 86 valence electrons. The highest BCUT2D eigenvalue weighted by atomic mass is 32.1. The zero-order valence-electron chi connectivity index (χ0n) is 7.90. The van der Waals surface area contributed by atoms with Gasteiger partial charge < -0.3 is 5.73 Å². The van der Waals surface area contributed by atoms with E-state index in [9.17, 15) is 13.2 Å². The Labute approximate surface area is 92.5 Å². The van der Waals surface area contributed by atoms with E-state index in [1.807, 2.05) is 0 Å². The molecule has 16 heavy (non-hydrogen) atoms. The number of nitrogens with two attached hydrogens (primary N) is 1. The van der Waals surface area contributed by atoms with E-state index in [-0.39, 0.29) is 6.54 Å². The Morgan fingerprint density at radius 3 is 2.69 bits per heavy atom. The third-order valence-electron chi connectivity index (χ3n) is 1.82. The molecule has 2 N–H and O–H groups in total. The number of rotatable bonds is 2. The van der Waals surface area contributed by atoms with Crippen LogP contribution in [0.1, 0.15) is 10.6 Å². The number of hydrogen-bond acceptors (Lipinski definition) is 4. The van der Waals surface area contributed by atoms with Crippen molar-refractivity contribution in [3.63, 3.8) is 0 Å². The molecule has 4 nitrogen and oxygen atoms in total. The summed E-state index contributed by atoms with van der Waals surface area (Å²) in [5.41, 5.74) is 4.51. The van der Waals surface area contributed by atoms with Crippen molar-refractivity contribution in [2.45, 2.75) is 12.7 Å². The summed E-state index contributed by atoms with van der Waals surface area (Å²) in [6.07, 6.45) is -1.61. The van der Waals surface area contributed by atoms with Gasteiger partial charge in [0.15, 0.2) is 10.8 Å². The number of thiazole rings is 1. The number of aromatic nitrogens is 3. The lowest BCUT2D eigenvalue weighted by molar-refractivity contribution is -0.141. The highest BCUT2D eigenvalue weighted by Crippen LogP contribution is 2.27. The summed E-state index contributed by atoms with van der Waals surface area (Å²) in [5, 5.41) is 3.80. The summed E-state index contributed by atoms with van der Waals surface area (Å²) in [5.74, 6) is 0. The van der Waals surface area contributed by atoms with Crippen molar-refractivity contribution in [3.05, 3.63) is 29.0 Å². The standard InChI is InChI=1S/C8H7F3N4S/c9-8(10,11)6-1-2-15(14-6)4-5-3-13-7(12)16-5/h1-3H,4H2,(H2,12,13). The van der Waals surface area contributed by atoms with Crippen molar-refractivity contribution in [2.75, 3.05) is 5.73 Å². The second-order valence-electron chi connectivity index (χ2n) is 3.06. The molecule has 0 unspecified atom stereocenters. The van der Waals surface area contributed by atoms with Gasteiger partial charge in [0.25, 0.3) is 0 Å². The van der Waals surface area contributed by atoms with Crippen LogP contribution < -0.4 is 5.73 Å². The minimum absolute atomic E-state index is 0.241. The van der Waals surface area contributed by atoms with Gasteiger partial charge in [-0.15, -0.1) is 11.3 Å². The average Bonchev–Trinajstić information content (AvgIpc) is 2.74. The van der Waals surface area contributed by atoms with Gasteiger partial charge in [-0.2, -0.15) is 18.3 Å². The number of halogens is 3. The molecule has 0 aliphatic rings. The van der Waals surface area contributed by atoms with Crippen molar-refractivity contribution >= 4 is 16.5 Å². The predicted molar refractivity (Wildman–Crippen MR) is 52.9 cm³/mol. The van der Waals surface area contributed by atoms with Crippen molar-refractivity contribution in [1.82, 2.24) is 14.8 Å². The molecule has 2 rings (SSSR count). The lowest BCUT2D eigenvalue weighted by Crippen LogP contribution is -2.08. The topological polar surface area (TPSA) is 56.7 Å². The maximum absolute atomic E-state index is 12.2. The van der Waals surface area contributed by atoms with E-state index < -0.39 is 11.9 Å². The minimum atomic E-state index is -4.40. The van der Waals surface area contributed by atoms with Gasteiger partial charge in [-0.3, -0.25) is 4.68 Å². The number of hydrogen-bond donors (Lipinski definition) is 1. The van der Waals surface area contributed by atoms with Crippen LogP contribution in [0, 0.1) is 0 Å². The Balaban J connectivity index is 2.14. The van der Waals surface area contributed by atoms with Crippen molar-refractivity contribution < 1.29 is 13.2 Å². The molecule has 0 aliphatic carbocycles. The quantitative estimate of drug-likeness (QED) is 0.884. The Kier molecular flexibility index (Phi) is 2.58. The molecule has 0 fully saturated rings. The van der Waals surface area contributed by atoms with E-state index in [4.69, 9.17) is 5.73 Å². The molecular formula is C8H7F3N4S. The zero-order chi connectivity index (χ0) is 11.8. The molecule has 2 heterocycles. The highest BCUT2D eigenvalue weighted by molar-refractivity contribution is 7.15. The smallest absolute Gasteiger partial charge is 0.375 e. The molecule has 0 spiro atoms. The van der Waals surface area contributed by atoms with Gasteiger partial charge in [-0.25, -0.2) is 4.98 Å². The minimum Gasteiger partial charge on any atom is -0.375 e. The fourth-order valence-electron chi connectivity index (χ4n) is 1.16. The van der Waals surface area contributed by atoms with Gasteiger partial charge >= 0.3 is 6.18 Å². The molecule has 0 atom stereocenters. The second kappa shape index (κ2) is 3.78. The van der Waals surface area contributed by atoms with E-state index in [0.717, 1.165) is 10.9 Å². The fraction of sp³-hybridized carbons (Fsp3) is 0.250. The SMILES string of the molecule is Nc1ncc(Cn2ccc(C(F)(F)F)n2)s1. The molecule has 0 amide bonds. The van der Waals surface area contributed by atoms with E-state index in [1.54, 1.807) is 0 Å². The van der Waals surface area contributed by atoms with Gasteiger partial charge in [-0.05, 0) is 6.07 Å². The second-order valence-corrected chi connectivity index (χ2v) is 4.21. The van der Waals surface area contributed by atoms with Crippen LogP contribution in [0.25, 0.3) is 0 Å². The van der Waals surface area contributed by atoms with Crippen molar-refractivity contribution in [2.24, 2.45) is 0 Å². The molecule has 2 aromatic rings. The first-order chi connectivity index (χ1) is 7.45. The molecule has 0 saturated heterocycles. The Morgan fingerprint density at radius 1 is 1.44 bits per heavy atom. The number of anilines is 1. The van der Waals surface area contributed by atoms with E-state index in [2.05, 4.69) is 10.1 Å². The Hall–Kier alpha value is -1.57. The van der Waals surface area contributed by atoms with Gasteiger partial charge in [-0.1, -0.05) is 0 Å². The molecule has 0 saturated carbocycles. The lowest BCUT2D eigenvalue weighted by atomic mass is 10.4. The largest absolute Gasteiger partial charge is 0.435 e. The van der Waals surface area contributed by atoms with Crippen LogP contribution in [0.4, 0.5) is 18.3 Å². The summed E-state index contributed by atoms with van der Waals surface area (Å²) >= 11 is 1.22. The van der Waals surface area contributed by atoms with Crippen LogP contribution in [0.15, 0.2) is 18.5 Å². The van der Waals surface area contributed by atoms with E-state index >= 15 is 0 Å². The van der Waals surface area contributed by atoms with Gasteiger partial charge in [0.05, 0.1) is 6.54 Å². The van der Waals surface area contributed by atoms with Crippen LogP contribution in [0.5, 0.6) is 0 Å². The first-order valence-corrected chi connectivity index (χ1v) is 5.07. The van der Waals surface area contributed by atoms with Crippen molar-refractivity contribution in [1.29, 1.82) is 0 Å². The highest BCUT2D eigenvalue weighted by Gasteiger charge is 2.33. The van der Waals surface area contributed by atoms with E-state index in [1.165, 1.54) is 28.4 Å². The molecule has 0 aromatic carbocycles. The summed E-state index contributed by atoms with van der Waals surface area (Å²) < 4.78 is 37.9. The molecule has 2 aromatic heterocycles. The Morgan fingerprint density at radius 2 is 2.19 bits per heavy atom. The van der Waals surface area contributed by atoms with Crippen LogP contribution in [-0.2, 0) is 12.7 Å². The maximum atomic E-state index is 12.2. The van der Waals surface area contributed by atoms with Crippen LogP contribution in [0.2, 0.25) is 0 Å². The monoisotopic (exact) mass is 248 g/mol. The summed E-state index contributed by atoms with van der Waals surface area (Å²) in [4.78, 5) is 4.56. The zero-order valence-corrected chi connectivity index (χ0v) is 8.72.